The van der Waals surface area contributed by atoms with Gasteiger partial charge in [-0.3, -0.25) is 9.69 Å². The van der Waals surface area contributed by atoms with Crippen molar-refractivity contribution in [3.8, 4) is 5.75 Å². The van der Waals surface area contributed by atoms with Gasteiger partial charge in [-0.2, -0.15) is 0 Å². The summed E-state index contributed by atoms with van der Waals surface area (Å²) in [6.45, 7) is 4.35. The van der Waals surface area contributed by atoms with Crippen LogP contribution in [0.2, 0.25) is 0 Å². The zero-order chi connectivity index (χ0) is 22.5. The summed E-state index contributed by atoms with van der Waals surface area (Å²) in [5.74, 6) is 1.34. The minimum atomic E-state index is -0.203. The molecule has 0 aliphatic carbocycles. The van der Waals surface area contributed by atoms with Crippen molar-refractivity contribution in [2.45, 2.75) is 32.4 Å². The van der Waals surface area contributed by atoms with Gasteiger partial charge in [0.2, 0.25) is 5.91 Å². The Morgan fingerprint density at radius 1 is 1.19 bits per heavy atom. The van der Waals surface area contributed by atoms with Crippen LogP contribution in [0.25, 0.3) is 0 Å². The molecule has 2 unspecified atom stereocenters. The average molecular weight is 437 g/mol. The van der Waals surface area contributed by atoms with Crippen molar-refractivity contribution in [1.82, 2.24) is 10.2 Å². The predicted molar refractivity (Wildman–Crippen MR) is 121 cm³/mol. The average Bonchev–Trinajstić information content (AvgIpc) is 3.33. The van der Waals surface area contributed by atoms with Gasteiger partial charge in [-0.05, 0) is 66.3 Å². The molecule has 0 radical (unpaired) electrons. The molecule has 0 saturated carbocycles. The fraction of sp³-hybridized carbons (Fsp3) is 0.346. The fourth-order valence-corrected chi connectivity index (χ4v) is 4.43. The first-order valence-electron chi connectivity index (χ1n) is 10.9. The number of piperidine rings is 1. The zero-order valence-corrected chi connectivity index (χ0v) is 18.5. The van der Waals surface area contributed by atoms with Crippen LogP contribution in [0.15, 0.2) is 65.3 Å². The highest BCUT2D eigenvalue weighted by Crippen LogP contribution is 2.32. The lowest BCUT2D eigenvalue weighted by Gasteiger charge is -2.37. The molecule has 1 aliphatic heterocycles. The van der Waals surface area contributed by atoms with Gasteiger partial charge in [-0.25, -0.2) is 4.39 Å². The highest BCUT2D eigenvalue weighted by Gasteiger charge is 2.32. The van der Waals surface area contributed by atoms with E-state index in [4.69, 9.17) is 9.15 Å². The SMILES string of the molecule is COc1cccc(CN2CC(C(=O)NCc3ccco3)CC(c3ccc(F)c(C)c3)C2)c1. The normalized spacial score (nSPS) is 19.0. The number of aryl methyl sites for hydroxylation is 1. The van der Waals surface area contributed by atoms with Crippen LogP contribution in [-0.2, 0) is 17.9 Å². The van der Waals surface area contributed by atoms with Crippen molar-refractivity contribution < 1.29 is 18.3 Å². The molecular weight excluding hydrogens is 407 g/mol. The predicted octanol–water partition coefficient (Wildman–Crippen LogP) is 4.66. The van der Waals surface area contributed by atoms with Crippen molar-refractivity contribution in [2.75, 3.05) is 20.2 Å². The molecule has 32 heavy (non-hydrogen) atoms. The highest BCUT2D eigenvalue weighted by molar-refractivity contribution is 5.79. The summed E-state index contributed by atoms with van der Waals surface area (Å²) in [5, 5.41) is 3.01. The Balaban J connectivity index is 1.52. The monoisotopic (exact) mass is 436 g/mol. The standard InChI is InChI=1S/C26H29FN2O3/c1-18-11-20(8-9-25(18)27)21-13-22(26(30)28-14-24-7-4-10-32-24)17-29(16-21)15-19-5-3-6-23(12-19)31-2/h3-12,21-22H,13-17H2,1-2H3,(H,28,30). The summed E-state index contributed by atoms with van der Waals surface area (Å²) in [7, 11) is 1.66. The Morgan fingerprint density at radius 2 is 2.06 bits per heavy atom. The number of methoxy groups -OCH3 is 1. The van der Waals surface area contributed by atoms with E-state index in [1.807, 2.05) is 42.5 Å². The van der Waals surface area contributed by atoms with Crippen LogP contribution in [0, 0.1) is 18.7 Å². The molecule has 1 fully saturated rings. The molecule has 2 heterocycles. The largest absolute Gasteiger partial charge is 0.497 e. The minimum absolute atomic E-state index is 0.0144. The van der Waals surface area contributed by atoms with Crippen molar-refractivity contribution in [3.05, 3.63) is 89.1 Å². The number of rotatable bonds is 7. The molecule has 1 amide bonds. The van der Waals surface area contributed by atoms with Gasteiger partial charge in [0, 0.05) is 19.6 Å². The second kappa shape index (κ2) is 10.0. The number of nitrogens with one attached hydrogen (secondary N) is 1. The van der Waals surface area contributed by atoms with E-state index in [9.17, 15) is 9.18 Å². The lowest BCUT2D eigenvalue weighted by Crippen LogP contribution is -2.45. The maximum atomic E-state index is 13.8. The van der Waals surface area contributed by atoms with Crippen LogP contribution in [0.1, 0.15) is 34.8 Å². The smallest absolute Gasteiger partial charge is 0.224 e. The van der Waals surface area contributed by atoms with Crippen molar-refractivity contribution in [1.29, 1.82) is 0 Å². The van der Waals surface area contributed by atoms with Crippen molar-refractivity contribution >= 4 is 5.91 Å². The Bertz CT molecular complexity index is 1050. The molecule has 3 aromatic rings. The summed E-state index contributed by atoms with van der Waals surface area (Å²) in [5.41, 5.74) is 2.84. The Hall–Kier alpha value is -3.12. The second-order valence-electron chi connectivity index (χ2n) is 8.48. The van der Waals surface area contributed by atoms with Crippen LogP contribution < -0.4 is 10.1 Å². The first-order chi connectivity index (χ1) is 15.5. The van der Waals surface area contributed by atoms with Crippen molar-refractivity contribution in [3.63, 3.8) is 0 Å². The molecule has 2 aromatic carbocycles. The number of amides is 1. The summed E-state index contributed by atoms with van der Waals surface area (Å²) in [6.07, 6.45) is 2.33. The van der Waals surface area contributed by atoms with Crippen LogP contribution in [0.3, 0.4) is 0 Å². The van der Waals surface area contributed by atoms with Crippen LogP contribution in [0.4, 0.5) is 4.39 Å². The number of nitrogens with zero attached hydrogens (tertiary/aromatic N) is 1. The van der Waals surface area contributed by atoms with E-state index in [1.54, 1.807) is 20.3 Å². The molecule has 2 atom stereocenters. The molecule has 6 heteroatoms. The molecule has 168 valence electrons. The van der Waals surface area contributed by atoms with Crippen LogP contribution in [0.5, 0.6) is 5.75 Å². The van der Waals surface area contributed by atoms with Crippen LogP contribution >= 0.6 is 0 Å². The van der Waals surface area contributed by atoms with E-state index in [2.05, 4.69) is 16.3 Å². The van der Waals surface area contributed by atoms with Gasteiger partial charge in [-0.1, -0.05) is 24.3 Å². The maximum Gasteiger partial charge on any atom is 0.224 e. The van der Waals surface area contributed by atoms with Gasteiger partial charge in [0.1, 0.15) is 17.3 Å². The first-order valence-corrected chi connectivity index (χ1v) is 10.9. The van der Waals surface area contributed by atoms with Crippen molar-refractivity contribution in [2.24, 2.45) is 5.92 Å². The molecule has 4 rings (SSSR count). The number of carbonyl (C=O) groups excluding carboxylic acids is 1. The summed E-state index contributed by atoms with van der Waals surface area (Å²) >= 11 is 0. The van der Waals surface area contributed by atoms with Gasteiger partial charge in [0.25, 0.3) is 0 Å². The van der Waals surface area contributed by atoms with E-state index in [1.165, 1.54) is 6.07 Å². The quantitative estimate of drug-likeness (QED) is 0.585. The molecular formula is C26H29FN2O3. The summed E-state index contributed by atoms with van der Waals surface area (Å²) in [6, 6.07) is 16.9. The minimum Gasteiger partial charge on any atom is -0.497 e. The molecule has 0 bridgehead atoms. The molecule has 1 saturated heterocycles. The highest BCUT2D eigenvalue weighted by atomic mass is 19.1. The van der Waals surface area contributed by atoms with Gasteiger partial charge in [0.15, 0.2) is 0 Å². The molecule has 0 spiro atoms. The maximum absolute atomic E-state index is 13.8. The van der Waals surface area contributed by atoms with E-state index in [-0.39, 0.29) is 23.6 Å². The number of halogens is 1. The fourth-order valence-electron chi connectivity index (χ4n) is 4.43. The lowest BCUT2D eigenvalue weighted by atomic mass is 9.83. The Labute approximate surface area is 188 Å². The Kier molecular flexibility index (Phi) is 6.90. The number of hydrogen-bond acceptors (Lipinski definition) is 4. The van der Waals surface area contributed by atoms with Gasteiger partial charge in [-0.15, -0.1) is 0 Å². The number of furan rings is 1. The second-order valence-corrected chi connectivity index (χ2v) is 8.48. The van der Waals surface area contributed by atoms with Crippen LogP contribution in [-0.4, -0.2) is 31.0 Å². The van der Waals surface area contributed by atoms with E-state index in [0.717, 1.165) is 42.1 Å². The molecule has 5 nitrogen and oxygen atoms in total. The molecule has 1 aromatic heterocycles. The number of ether oxygens (including phenoxy) is 1. The third kappa shape index (κ3) is 5.37. The summed E-state index contributed by atoms with van der Waals surface area (Å²) in [4.78, 5) is 15.3. The Morgan fingerprint density at radius 3 is 2.81 bits per heavy atom. The van der Waals surface area contributed by atoms with Gasteiger partial charge >= 0.3 is 0 Å². The number of likely N-dealkylation sites (tertiary alicyclic amines) is 1. The van der Waals surface area contributed by atoms with E-state index >= 15 is 0 Å². The van der Waals surface area contributed by atoms with Gasteiger partial charge in [0.05, 0.1) is 25.8 Å². The third-order valence-electron chi connectivity index (χ3n) is 6.11. The first kappa shape index (κ1) is 22.1. The lowest BCUT2D eigenvalue weighted by molar-refractivity contribution is -0.127. The number of hydrogen-bond donors (Lipinski definition) is 1. The number of carbonyl (C=O) groups is 1. The molecule has 1 aliphatic rings. The van der Waals surface area contributed by atoms with E-state index < -0.39 is 0 Å². The topological polar surface area (TPSA) is 54.7 Å². The number of benzene rings is 2. The van der Waals surface area contributed by atoms with Gasteiger partial charge < -0.3 is 14.5 Å². The molecule has 1 N–H and O–H groups in total. The summed E-state index contributed by atoms with van der Waals surface area (Å²) < 4.78 is 24.5. The third-order valence-corrected chi connectivity index (χ3v) is 6.11. The van der Waals surface area contributed by atoms with E-state index in [0.29, 0.717) is 18.7 Å². The zero-order valence-electron chi connectivity index (χ0n) is 18.5.